The van der Waals surface area contributed by atoms with E-state index in [1.54, 1.807) is 0 Å². The van der Waals surface area contributed by atoms with E-state index in [0.29, 0.717) is 6.10 Å². The molecule has 3 fully saturated rings. The summed E-state index contributed by atoms with van der Waals surface area (Å²) in [4.78, 5) is 0.0454. The molecule has 3 rings (SSSR count). The standard InChI is InChI=1S/C12H18Br2OS/c1-11(2)15-9-5-3-7-8(12(7,13)14)4-6-10(9)16-11/h7-10H,3-6H2,1-2H3/t7-,8-,9+,10+/m0/s1. The quantitative estimate of drug-likeness (QED) is 0.580. The first-order valence-corrected chi connectivity index (χ1v) is 8.60. The van der Waals surface area contributed by atoms with Crippen molar-refractivity contribution in [3.63, 3.8) is 0 Å². The Morgan fingerprint density at radius 3 is 2.38 bits per heavy atom. The van der Waals surface area contributed by atoms with E-state index in [4.69, 9.17) is 4.74 Å². The van der Waals surface area contributed by atoms with Gasteiger partial charge in [-0.1, -0.05) is 31.9 Å². The predicted molar refractivity (Wildman–Crippen MR) is 76.4 cm³/mol. The van der Waals surface area contributed by atoms with Crippen LogP contribution in [0.15, 0.2) is 0 Å². The Hall–Kier alpha value is 1.27. The SMILES string of the molecule is CC1(C)O[C@@H]2CC[C@H]3[C@H](CC[C@H]2S1)C3(Br)Br. The van der Waals surface area contributed by atoms with Gasteiger partial charge in [0.25, 0.3) is 0 Å². The van der Waals surface area contributed by atoms with Gasteiger partial charge in [-0.3, -0.25) is 0 Å². The van der Waals surface area contributed by atoms with Crippen LogP contribution < -0.4 is 0 Å². The molecule has 0 aromatic heterocycles. The number of hydrogen-bond acceptors (Lipinski definition) is 2. The van der Waals surface area contributed by atoms with Crippen molar-refractivity contribution < 1.29 is 4.74 Å². The summed E-state index contributed by atoms with van der Waals surface area (Å²) >= 11 is 9.68. The minimum atomic E-state index is 0.0454. The summed E-state index contributed by atoms with van der Waals surface area (Å²) in [5.74, 6) is 1.67. The van der Waals surface area contributed by atoms with Crippen LogP contribution in [0.3, 0.4) is 0 Å². The van der Waals surface area contributed by atoms with Gasteiger partial charge in [0.15, 0.2) is 0 Å². The third kappa shape index (κ3) is 2.02. The van der Waals surface area contributed by atoms with Crippen molar-refractivity contribution in [1.29, 1.82) is 0 Å². The molecule has 0 unspecified atom stereocenters. The molecule has 4 heteroatoms. The molecule has 3 aliphatic rings. The van der Waals surface area contributed by atoms with Crippen LogP contribution in [0.5, 0.6) is 0 Å². The predicted octanol–water partition coefficient (Wildman–Crippen LogP) is 4.53. The van der Waals surface area contributed by atoms with Gasteiger partial charge in [-0.15, -0.1) is 11.8 Å². The summed E-state index contributed by atoms with van der Waals surface area (Å²) in [7, 11) is 0. The van der Waals surface area contributed by atoms with Crippen molar-refractivity contribution in [2.45, 2.75) is 59.1 Å². The van der Waals surface area contributed by atoms with E-state index in [2.05, 4.69) is 45.7 Å². The first kappa shape index (κ1) is 12.3. The fraction of sp³-hybridized carbons (Fsp3) is 1.00. The first-order valence-electron chi connectivity index (χ1n) is 6.13. The normalized spacial score (nSPS) is 48.8. The van der Waals surface area contributed by atoms with Gasteiger partial charge in [0, 0.05) is 5.25 Å². The molecule has 1 saturated heterocycles. The molecule has 1 aliphatic heterocycles. The van der Waals surface area contributed by atoms with Crippen molar-refractivity contribution in [3.8, 4) is 0 Å². The van der Waals surface area contributed by atoms with Gasteiger partial charge in [0.2, 0.25) is 0 Å². The van der Waals surface area contributed by atoms with E-state index in [1.807, 2.05) is 11.8 Å². The largest absolute Gasteiger partial charge is 0.361 e. The highest BCUT2D eigenvalue weighted by Gasteiger charge is 2.62. The zero-order valence-corrected chi connectivity index (χ0v) is 13.7. The van der Waals surface area contributed by atoms with Gasteiger partial charge >= 0.3 is 0 Å². The second kappa shape index (κ2) is 3.88. The first-order chi connectivity index (χ1) is 7.40. The number of halogens is 2. The Morgan fingerprint density at radius 2 is 1.69 bits per heavy atom. The Bertz CT molecular complexity index is 277. The van der Waals surface area contributed by atoms with Gasteiger partial charge in [-0.05, 0) is 51.4 Å². The molecule has 0 radical (unpaired) electrons. The van der Waals surface area contributed by atoms with Crippen molar-refractivity contribution in [2.24, 2.45) is 11.8 Å². The molecule has 1 heterocycles. The van der Waals surface area contributed by atoms with Crippen LogP contribution in [0.1, 0.15) is 39.5 Å². The second-order valence-corrected chi connectivity index (χ2v) is 11.3. The van der Waals surface area contributed by atoms with E-state index in [-0.39, 0.29) is 8.17 Å². The molecule has 0 aromatic carbocycles. The number of thioether (sulfide) groups is 1. The van der Waals surface area contributed by atoms with Crippen LogP contribution in [0.4, 0.5) is 0 Å². The van der Waals surface area contributed by atoms with Gasteiger partial charge in [0.05, 0.1) is 9.34 Å². The third-order valence-electron chi connectivity index (χ3n) is 4.17. The molecule has 0 bridgehead atoms. The maximum atomic E-state index is 6.16. The van der Waals surface area contributed by atoms with Gasteiger partial charge in [-0.25, -0.2) is 0 Å². The average molecular weight is 370 g/mol. The number of alkyl halides is 2. The van der Waals surface area contributed by atoms with E-state index in [9.17, 15) is 0 Å². The molecule has 0 aromatic rings. The molecule has 16 heavy (non-hydrogen) atoms. The van der Waals surface area contributed by atoms with Crippen molar-refractivity contribution in [2.75, 3.05) is 0 Å². The van der Waals surface area contributed by atoms with Crippen molar-refractivity contribution >= 4 is 43.6 Å². The summed E-state index contributed by atoms with van der Waals surface area (Å²) in [6.45, 7) is 4.42. The third-order valence-corrected chi connectivity index (χ3v) is 8.03. The highest BCUT2D eigenvalue weighted by molar-refractivity contribution is 9.25. The number of ether oxygens (including phenoxy) is 1. The molecule has 2 saturated carbocycles. The highest BCUT2D eigenvalue weighted by atomic mass is 79.9. The molecule has 0 N–H and O–H groups in total. The van der Waals surface area contributed by atoms with E-state index >= 15 is 0 Å². The molecule has 2 aliphatic carbocycles. The molecule has 0 amide bonds. The van der Waals surface area contributed by atoms with Gasteiger partial charge in [0.1, 0.15) is 4.93 Å². The molecule has 4 atom stereocenters. The monoisotopic (exact) mass is 368 g/mol. The van der Waals surface area contributed by atoms with Crippen molar-refractivity contribution in [1.82, 2.24) is 0 Å². The van der Waals surface area contributed by atoms with Crippen molar-refractivity contribution in [3.05, 3.63) is 0 Å². The molecular formula is C12H18Br2OS. The van der Waals surface area contributed by atoms with Crippen LogP contribution in [0, 0.1) is 11.8 Å². The number of fused-ring (bicyclic) bond motifs is 2. The Morgan fingerprint density at radius 1 is 1.06 bits per heavy atom. The molecule has 1 nitrogen and oxygen atoms in total. The summed E-state index contributed by atoms with van der Waals surface area (Å²) in [5.41, 5.74) is 0. The number of rotatable bonds is 0. The maximum Gasteiger partial charge on any atom is 0.108 e. The summed E-state index contributed by atoms with van der Waals surface area (Å²) in [6, 6.07) is 0. The van der Waals surface area contributed by atoms with Crippen LogP contribution >= 0.6 is 43.6 Å². The summed E-state index contributed by atoms with van der Waals surface area (Å²) in [6.07, 6.45) is 5.70. The summed E-state index contributed by atoms with van der Waals surface area (Å²) in [5, 5.41) is 0.729. The second-order valence-electron chi connectivity index (χ2n) is 5.75. The molecule has 92 valence electrons. The minimum absolute atomic E-state index is 0.0454. The number of hydrogen-bond donors (Lipinski definition) is 0. The minimum Gasteiger partial charge on any atom is -0.361 e. The van der Waals surface area contributed by atoms with Gasteiger partial charge in [-0.2, -0.15) is 0 Å². The Balaban J connectivity index is 1.69. The van der Waals surface area contributed by atoms with E-state index in [1.165, 1.54) is 25.7 Å². The zero-order valence-electron chi connectivity index (χ0n) is 9.71. The summed E-state index contributed by atoms with van der Waals surface area (Å²) < 4.78 is 6.42. The topological polar surface area (TPSA) is 9.23 Å². The Labute approximate surface area is 119 Å². The lowest BCUT2D eigenvalue weighted by Gasteiger charge is -2.20. The van der Waals surface area contributed by atoms with Crippen LogP contribution in [-0.2, 0) is 4.74 Å². The maximum absolute atomic E-state index is 6.16. The van der Waals surface area contributed by atoms with Crippen LogP contribution in [0.2, 0.25) is 0 Å². The average Bonchev–Trinajstić information content (AvgIpc) is 2.49. The lowest BCUT2D eigenvalue weighted by molar-refractivity contribution is -0.00317. The van der Waals surface area contributed by atoms with E-state index < -0.39 is 0 Å². The fourth-order valence-corrected chi connectivity index (χ4v) is 6.77. The smallest absolute Gasteiger partial charge is 0.108 e. The molecule has 0 spiro atoms. The molecular weight excluding hydrogens is 352 g/mol. The van der Waals surface area contributed by atoms with Gasteiger partial charge < -0.3 is 4.74 Å². The van der Waals surface area contributed by atoms with Crippen LogP contribution in [0.25, 0.3) is 0 Å². The zero-order chi connectivity index (χ0) is 11.6. The highest BCUT2D eigenvalue weighted by Crippen LogP contribution is 2.67. The van der Waals surface area contributed by atoms with E-state index in [0.717, 1.165) is 17.1 Å². The fourth-order valence-electron chi connectivity index (χ4n) is 3.33. The Kier molecular flexibility index (Phi) is 2.99. The lowest BCUT2D eigenvalue weighted by Crippen LogP contribution is -2.23. The lowest BCUT2D eigenvalue weighted by atomic mass is 9.98. The van der Waals surface area contributed by atoms with Crippen LogP contribution in [-0.4, -0.2) is 19.5 Å².